The molecule has 0 saturated carbocycles. The van der Waals surface area contributed by atoms with Gasteiger partial charge in [0.2, 0.25) is 0 Å². The molecule has 0 atom stereocenters. The first-order chi connectivity index (χ1) is 15.8. The van der Waals surface area contributed by atoms with Gasteiger partial charge < -0.3 is 14.8 Å². The average molecular weight is 443 g/mol. The number of nitrogens with one attached hydrogen (secondary N) is 1. The topological polar surface area (TPSA) is 83.7 Å². The summed E-state index contributed by atoms with van der Waals surface area (Å²) < 4.78 is 12.4. The van der Waals surface area contributed by atoms with Crippen molar-refractivity contribution in [3.63, 3.8) is 0 Å². The molecule has 2 aromatic rings. The fourth-order valence-corrected chi connectivity index (χ4v) is 4.05. The van der Waals surface area contributed by atoms with E-state index in [0.29, 0.717) is 23.6 Å². The van der Waals surface area contributed by atoms with Crippen LogP contribution in [-0.4, -0.2) is 104 Å². The molecule has 0 aliphatic carbocycles. The van der Waals surface area contributed by atoms with E-state index in [1.807, 2.05) is 18.2 Å². The van der Waals surface area contributed by atoms with Crippen molar-refractivity contribution in [2.75, 3.05) is 84.1 Å². The van der Waals surface area contributed by atoms with E-state index in [4.69, 9.17) is 14.5 Å². The van der Waals surface area contributed by atoms with Crippen molar-refractivity contribution >= 4 is 17.7 Å². The minimum atomic E-state index is -0.0943. The molecule has 32 heavy (non-hydrogen) atoms. The third-order valence-electron chi connectivity index (χ3n) is 5.90. The van der Waals surface area contributed by atoms with Crippen LogP contribution in [0.15, 0.2) is 34.2 Å². The molecule has 9 heteroatoms. The number of anilines is 1. The molecule has 1 N–H and O–H groups in total. The van der Waals surface area contributed by atoms with Crippen molar-refractivity contribution in [1.82, 2.24) is 19.2 Å². The molecule has 2 aliphatic heterocycles. The van der Waals surface area contributed by atoms with Gasteiger partial charge >= 0.3 is 0 Å². The van der Waals surface area contributed by atoms with E-state index in [-0.39, 0.29) is 5.56 Å². The van der Waals surface area contributed by atoms with Gasteiger partial charge in [0.1, 0.15) is 17.0 Å². The lowest BCUT2D eigenvalue weighted by Crippen LogP contribution is -2.37. The van der Waals surface area contributed by atoms with Crippen molar-refractivity contribution in [2.24, 2.45) is 4.99 Å². The largest absolute Gasteiger partial charge is 0.379 e. The Morgan fingerprint density at radius 3 is 2.41 bits per heavy atom. The molecule has 0 aromatic carbocycles. The first-order valence-electron chi connectivity index (χ1n) is 11.7. The number of hydrogen-bond acceptors (Lipinski definition) is 8. The smallest absolute Gasteiger partial charge is 0.268 e. The third-order valence-corrected chi connectivity index (χ3v) is 5.90. The minimum Gasteiger partial charge on any atom is -0.379 e. The molecular weight excluding hydrogens is 408 g/mol. The van der Waals surface area contributed by atoms with Crippen LogP contribution in [-0.2, 0) is 9.47 Å². The number of aliphatic imine (C=N–C) groups is 1. The molecule has 0 amide bonds. The lowest BCUT2D eigenvalue weighted by Gasteiger charge is -2.26. The maximum Gasteiger partial charge on any atom is 0.268 e. The number of morpholine rings is 2. The van der Waals surface area contributed by atoms with Crippen LogP contribution in [0.5, 0.6) is 0 Å². The highest BCUT2D eigenvalue weighted by molar-refractivity contribution is 5.86. The first kappa shape index (κ1) is 22.8. The van der Waals surface area contributed by atoms with Gasteiger partial charge in [-0.1, -0.05) is 6.07 Å². The van der Waals surface area contributed by atoms with Gasteiger partial charge in [0.15, 0.2) is 0 Å². The highest BCUT2D eigenvalue weighted by Gasteiger charge is 2.13. The van der Waals surface area contributed by atoms with Gasteiger partial charge in [-0.05, 0) is 31.5 Å². The third kappa shape index (κ3) is 6.35. The second kappa shape index (κ2) is 12.1. The molecule has 2 fully saturated rings. The zero-order valence-corrected chi connectivity index (χ0v) is 18.7. The molecule has 2 aromatic heterocycles. The second-order valence-corrected chi connectivity index (χ2v) is 8.19. The van der Waals surface area contributed by atoms with Gasteiger partial charge in [0.25, 0.3) is 5.56 Å². The predicted octanol–water partition coefficient (Wildman–Crippen LogP) is 0.970. The molecular formula is C23H34N6O3. The second-order valence-electron chi connectivity index (χ2n) is 8.19. The van der Waals surface area contributed by atoms with Crippen LogP contribution in [0.1, 0.15) is 18.4 Å². The molecule has 0 radical (unpaired) electrons. The zero-order chi connectivity index (χ0) is 22.0. The monoisotopic (exact) mass is 442 g/mol. The van der Waals surface area contributed by atoms with Gasteiger partial charge in [0, 0.05) is 58.2 Å². The summed E-state index contributed by atoms with van der Waals surface area (Å²) in [6.07, 6.45) is 5.38. The average Bonchev–Trinajstić information content (AvgIpc) is 2.84. The Bertz CT molecular complexity index is 935. The van der Waals surface area contributed by atoms with E-state index in [1.54, 1.807) is 16.8 Å². The maximum absolute atomic E-state index is 13.1. The number of rotatable bonds is 10. The molecule has 174 valence electrons. The fourth-order valence-electron chi connectivity index (χ4n) is 4.05. The molecule has 0 unspecified atom stereocenters. The predicted molar refractivity (Wildman–Crippen MR) is 126 cm³/mol. The lowest BCUT2D eigenvalue weighted by atomic mass is 10.2. The zero-order valence-electron chi connectivity index (χ0n) is 18.7. The SMILES string of the molecule is O=c1c(C=NCCCN2CCOCC2)c(NCCCN2CCOCC2)nc2ccccn12. The van der Waals surface area contributed by atoms with E-state index in [0.717, 1.165) is 85.1 Å². The van der Waals surface area contributed by atoms with Gasteiger partial charge in [-0.2, -0.15) is 0 Å². The lowest BCUT2D eigenvalue weighted by molar-refractivity contribution is 0.0377. The van der Waals surface area contributed by atoms with E-state index < -0.39 is 0 Å². The van der Waals surface area contributed by atoms with E-state index >= 15 is 0 Å². The van der Waals surface area contributed by atoms with Crippen molar-refractivity contribution in [1.29, 1.82) is 0 Å². The Balaban J connectivity index is 1.37. The summed E-state index contributed by atoms with van der Waals surface area (Å²) in [4.78, 5) is 27.1. The number of hydrogen-bond donors (Lipinski definition) is 1. The van der Waals surface area contributed by atoms with Crippen LogP contribution < -0.4 is 10.9 Å². The number of nitrogens with zero attached hydrogens (tertiary/aromatic N) is 5. The molecule has 4 rings (SSSR count). The van der Waals surface area contributed by atoms with Crippen LogP contribution >= 0.6 is 0 Å². The number of aromatic nitrogens is 2. The van der Waals surface area contributed by atoms with E-state index in [9.17, 15) is 4.79 Å². The van der Waals surface area contributed by atoms with Crippen LogP contribution in [0.2, 0.25) is 0 Å². The molecule has 2 saturated heterocycles. The summed E-state index contributed by atoms with van der Waals surface area (Å²) in [7, 11) is 0. The van der Waals surface area contributed by atoms with Gasteiger partial charge in [-0.15, -0.1) is 0 Å². The number of pyridine rings is 1. The summed E-state index contributed by atoms with van der Waals surface area (Å²) >= 11 is 0. The van der Waals surface area contributed by atoms with E-state index in [1.165, 1.54) is 0 Å². The van der Waals surface area contributed by atoms with Crippen molar-refractivity contribution in [3.05, 3.63) is 40.3 Å². The molecule has 2 aliphatic rings. The van der Waals surface area contributed by atoms with Crippen LogP contribution in [0.25, 0.3) is 5.65 Å². The first-order valence-corrected chi connectivity index (χ1v) is 11.7. The Hall–Kier alpha value is -2.33. The summed E-state index contributed by atoms with van der Waals surface area (Å²) in [5.74, 6) is 0.611. The highest BCUT2D eigenvalue weighted by Crippen LogP contribution is 2.10. The van der Waals surface area contributed by atoms with Crippen LogP contribution in [0.4, 0.5) is 5.82 Å². The van der Waals surface area contributed by atoms with E-state index in [2.05, 4.69) is 20.1 Å². The van der Waals surface area contributed by atoms with Crippen molar-refractivity contribution in [3.8, 4) is 0 Å². The Kier molecular flexibility index (Phi) is 8.61. The van der Waals surface area contributed by atoms with Gasteiger partial charge in [-0.3, -0.25) is 24.0 Å². The molecule has 0 bridgehead atoms. The summed E-state index contributed by atoms with van der Waals surface area (Å²) in [5, 5.41) is 3.38. The standard InChI is InChI=1S/C23H34N6O3/c30-23-20(19-24-6-3-8-27-11-15-31-16-12-27)22(26-21-5-1-2-10-29(21)23)25-7-4-9-28-13-17-32-18-14-28/h1-2,5,10,19,25H,3-4,6-9,11-18H2. The molecule has 4 heterocycles. The fraction of sp³-hybridized carbons (Fsp3) is 0.609. The van der Waals surface area contributed by atoms with Crippen LogP contribution in [0, 0.1) is 0 Å². The Labute approximate surface area is 189 Å². The Morgan fingerprint density at radius 2 is 1.69 bits per heavy atom. The number of fused-ring (bicyclic) bond motifs is 1. The summed E-state index contributed by atoms with van der Waals surface area (Å²) in [5.41, 5.74) is 1.06. The number of ether oxygens (including phenoxy) is 2. The van der Waals surface area contributed by atoms with Crippen LogP contribution in [0.3, 0.4) is 0 Å². The Morgan fingerprint density at radius 1 is 1.00 bits per heavy atom. The highest BCUT2D eigenvalue weighted by atomic mass is 16.5. The molecule has 9 nitrogen and oxygen atoms in total. The van der Waals surface area contributed by atoms with Crippen molar-refractivity contribution < 1.29 is 9.47 Å². The molecule has 0 spiro atoms. The quantitative estimate of drug-likeness (QED) is 0.434. The normalized spacial score (nSPS) is 18.5. The maximum atomic E-state index is 13.1. The van der Waals surface area contributed by atoms with Gasteiger partial charge in [-0.25, -0.2) is 4.98 Å². The minimum absolute atomic E-state index is 0.0943. The van der Waals surface area contributed by atoms with Gasteiger partial charge in [0.05, 0.1) is 26.4 Å². The van der Waals surface area contributed by atoms with Crippen molar-refractivity contribution in [2.45, 2.75) is 12.8 Å². The summed E-state index contributed by atoms with van der Waals surface area (Å²) in [6, 6.07) is 5.59. The summed E-state index contributed by atoms with van der Waals surface area (Å²) in [6.45, 7) is 10.6.